The zero-order valence-electron chi connectivity index (χ0n) is 13.7. The monoisotopic (exact) mass is 354 g/mol. The third-order valence-corrected chi connectivity index (χ3v) is 6.15. The Kier molecular flexibility index (Phi) is 4.96. The van der Waals surface area contributed by atoms with E-state index in [-0.39, 0.29) is 17.6 Å². The summed E-state index contributed by atoms with van der Waals surface area (Å²) in [6, 6.07) is 4.65. The number of rotatable bonds is 4. The number of nitrogens with zero attached hydrogens (tertiary/aromatic N) is 2. The summed E-state index contributed by atoms with van der Waals surface area (Å²) in [5.74, 6) is 1.10. The second-order valence-corrected chi connectivity index (χ2v) is 7.84. The first-order valence-corrected chi connectivity index (χ1v) is 9.64. The number of hydrogen-bond acceptors (Lipinski definition) is 5. The summed E-state index contributed by atoms with van der Waals surface area (Å²) in [4.78, 5) is 14.0. The van der Waals surface area contributed by atoms with Crippen LogP contribution in [0.15, 0.2) is 23.1 Å². The van der Waals surface area contributed by atoms with Crippen LogP contribution in [0, 0.1) is 0 Å². The summed E-state index contributed by atoms with van der Waals surface area (Å²) in [6.45, 7) is 3.83. The van der Waals surface area contributed by atoms with Crippen molar-refractivity contribution in [2.45, 2.75) is 31.1 Å². The van der Waals surface area contributed by atoms with Crippen molar-refractivity contribution in [3.8, 4) is 11.5 Å². The highest BCUT2D eigenvalue weighted by molar-refractivity contribution is 7.89. The Bertz CT molecular complexity index is 719. The van der Waals surface area contributed by atoms with Crippen molar-refractivity contribution < 1.29 is 22.7 Å². The molecule has 2 heterocycles. The largest absolute Gasteiger partial charge is 0.454 e. The van der Waals surface area contributed by atoms with Crippen LogP contribution in [0.3, 0.4) is 0 Å². The lowest BCUT2D eigenvalue weighted by Crippen LogP contribution is -2.37. The molecule has 132 valence electrons. The van der Waals surface area contributed by atoms with Gasteiger partial charge in [-0.05, 0) is 25.0 Å². The van der Waals surface area contributed by atoms with Crippen molar-refractivity contribution >= 4 is 15.9 Å². The molecular formula is C16H22N2O5S. The predicted octanol–water partition coefficient (Wildman–Crippen LogP) is 1.44. The molecule has 2 aliphatic heterocycles. The zero-order chi connectivity index (χ0) is 17.2. The minimum absolute atomic E-state index is 0.0971. The van der Waals surface area contributed by atoms with Crippen molar-refractivity contribution in [2.75, 3.05) is 33.0 Å². The predicted molar refractivity (Wildman–Crippen MR) is 87.4 cm³/mol. The van der Waals surface area contributed by atoms with Crippen LogP contribution < -0.4 is 9.47 Å². The van der Waals surface area contributed by atoms with E-state index in [2.05, 4.69) is 0 Å². The average molecular weight is 354 g/mol. The molecule has 0 saturated carbocycles. The molecule has 1 aromatic carbocycles. The van der Waals surface area contributed by atoms with E-state index in [9.17, 15) is 13.2 Å². The molecule has 1 saturated heterocycles. The van der Waals surface area contributed by atoms with E-state index < -0.39 is 10.0 Å². The number of fused-ring (bicyclic) bond motifs is 1. The summed E-state index contributed by atoms with van der Waals surface area (Å²) < 4.78 is 37.7. The van der Waals surface area contributed by atoms with Crippen molar-refractivity contribution in [1.82, 2.24) is 9.21 Å². The number of carbonyl (C=O) groups excluding carboxylic acids is 1. The van der Waals surface area contributed by atoms with Gasteiger partial charge in [-0.25, -0.2) is 8.42 Å². The molecule has 0 spiro atoms. The van der Waals surface area contributed by atoms with Crippen LogP contribution in [-0.4, -0.2) is 56.5 Å². The van der Waals surface area contributed by atoms with Crippen LogP contribution in [0.4, 0.5) is 0 Å². The lowest BCUT2D eigenvalue weighted by atomic mass is 10.3. The quantitative estimate of drug-likeness (QED) is 0.818. The minimum Gasteiger partial charge on any atom is -0.454 e. The summed E-state index contributed by atoms with van der Waals surface area (Å²) in [7, 11) is -3.61. The minimum atomic E-state index is -3.61. The van der Waals surface area contributed by atoms with Gasteiger partial charge in [-0.2, -0.15) is 4.31 Å². The van der Waals surface area contributed by atoms with Gasteiger partial charge >= 0.3 is 0 Å². The molecule has 1 fully saturated rings. The maximum atomic E-state index is 12.9. The molecule has 0 aromatic heterocycles. The Morgan fingerprint density at radius 3 is 2.71 bits per heavy atom. The Balaban J connectivity index is 1.74. The van der Waals surface area contributed by atoms with Gasteiger partial charge in [-0.1, -0.05) is 6.92 Å². The van der Waals surface area contributed by atoms with Crippen LogP contribution in [0.5, 0.6) is 11.5 Å². The van der Waals surface area contributed by atoms with Gasteiger partial charge in [0, 0.05) is 38.7 Å². The highest BCUT2D eigenvalue weighted by atomic mass is 32.2. The van der Waals surface area contributed by atoms with Crippen molar-refractivity contribution in [3.63, 3.8) is 0 Å². The van der Waals surface area contributed by atoms with Crippen molar-refractivity contribution in [2.24, 2.45) is 0 Å². The van der Waals surface area contributed by atoms with E-state index in [4.69, 9.17) is 9.47 Å². The van der Waals surface area contributed by atoms with Crippen molar-refractivity contribution in [1.29, 1.82) is 0 Å². The molecule has 0 bridgehead atoms. The number of carbonyl (C=O) groups is 1. The van der Waals surface area contributed by atoms with Crippen LogP contribution in [0.2, 0.25) is 0 Å². The summed E-state index contributed by atoms with van der Waals surface area (Å²) in [5.41, 5.74) is 0. The second-order valence-electron chi connectivity index (χ2n) is 5.90. The highest BCUT2D eigenvalue weighted by Gasteiger charge is 2.29. The highest BCUT2D eigenvalue weighted by Crippen LogP contribution is 2.34. The topological polar surface area (TPSA) is 76.2 Å². The number of ether oxygens (including phenoxy) is 2. The molecule has 24 heavy (non-hydrogen) atoms. The van der Waals surface area contributed by atoms with Gasteiger partial charge in [-0.3, -0.25) is 4.79 Å². The lowest BCUT2D eigenvalue weighted by molar-refractivity contribution is -0.131. The number of hydrogen-bond donors (Lipinski definition) is 0. The Labute approximate surface area is 142 Å². The number of amides is 1. The smallest absolute Gasteiger partial charge is 0.243 e. The van der Waals surface area contributed by atoms with Crippen molar-refractivity contribution in [3.05, 3.63) is 18.2 Å². The molecule has 0 atom stereocenters. The Morgan fingerprint density at radius 2 is 1.92 bits per heavy atom. The van der Waals surface area contributed by atoms with E-state index in [1.54, 1.807) is 11.0 Å². The number of benzene rings is 1. The van der Waals surface area contributed by atoms with Gasteiger partial charge in [0.15, 0.2) is 11.5 Å². The molecule has 7 nitrogen and oxygen atoms in total. The van der Waals surface area contributed by atoms with E-state index in [0.29, 0.717) is 50.5 Å². The fourth-order valence-electron chi connectivity index (χ4n) is 2.94. The first-order chi connectivity index (χ1) is 11.5. The molecule has 1 aromatic rings. The Morgan fingerprint density at radius 1 is 1.12 bits per heavy atom. The summed E-state index contributed by atoms with van der Waals surface area (Å²) in [6.07, 6.45) is 1.95. The lowest BCUT2D eigenvalue weighted by Gasteiger charge is -2.22. The standard InChI is InChI=1S/C16H22N2O5S/c1-2-4-16(19)17-7-3-8-18(10-9-17)24(20,21)13-5-6-14-15(11-13)23-12-22-14/h5-6,11H,2-4,7-10,12H2,1H3. The summed E-state index contributed by atoms with van der Waals surface area (Å²) in [5, 5.41) is 0. The molecule has 0 aliphatic carbocycles. The summed E-state index contributed by atoms with van der Waals surface area (Å²) >= 11 is 0. The fourth-order valence-corrected chi connectivity index (χ4v) is 4.43. The molecule has 0 radical (unpaired) electrons. The van der Waals surface area contributed by atoms with Gasteiger partial charge in [0.2, 0.25) is 22.7 Å². The van der Waals surface area contributed by atoms with Crippen LogP contribution in [-0.2, 0) is 14.8 Å². The van der Waals surface area contributed by atoms with Crippen LogP contribution in [0.25, 0.3) is 0 Å². The maximum absolute atomic E-state index is 12.9. The molecule has 3 rings (SSSR count). The van der Waals surface area contributed by atoms with E-state index in [1.807, 2.05) is 6.92 Å². The SMILES string of the molecule is CCCC(=O)N1CCCN(S(=O)(=O)c2ccc3c(c2)OCO3)CC1. The molecular weight excluding hydrogens is 332 g/mol. The van der Waals surface area contributed by atoms with E-state index in [1.165, 1.54) is 16.4 Å². The van der Waals surface area contributed by atoms with Gasteiger partial charge in [-0.15, -0.1) is 0 Å². The van der Waals surface area contributed by atoms with Gasteiger partial charge in [0.25, 0.3) is 0 Å². The maximum Gasteiger partial charge on any atom is 0.243 e. The third-order valence-electron chi connectivity index (χ3n) is 4.25. The first-order valence-electron chi connectivity index (χ1n) is 8.20. The van der Waals surface area contributed by atoms with Gasteiger partial charge in [0.1, 0.15) is 0 Å². The van der Waals surface area contributed by atoms with E-state index >= 15 is 0 Å². The molecule has 2 aliphatic rings. The van der Waals surface area contributed by atoms with Crippen LogP contribution >= 0.6 is 0 Å². The average Bonchev–Trinajstić information content (AvgIpc) is 2.88. The Hall–Kier alpha value is -1.80. The third kappa shape index (κ3) is 3.34. The molecule has 0 unspecified atom stereocenters. The molecule has 0 N–H and O–H groups in total. The normalized spacial score (nSPS) is 18.5. The number of sulfonamides is 1. The first kappa shape index (κ1) is 17.0. The molecule has 8 heteroatoms. The molecule has 1 amide bonds. The van der Waals surface area contributed by atoms with Crippen LogP contribution in [0.1, 0.15) is 26.2 Å². The zero-order valence-corrected chi connectivity index (χ0v) is 14.5. The second kappa shape index (κ2) is 6.98. The van der Waals surface area contributed by atoms with Gasteiger partial charge < -0.3 is 14.4 Å². The van der Waals surface area contributed by atoms with E-state index in [0.717, 1.165) is 6.42 Å². The fraction of sp³-hybridized carbons (Fsp3) is 0.562. The van der Waals surface area contributed by atoms with Gasteiger partial charge in [0.05, 0.1) is 4.90 Å².